The Morgan fingerprint density at radius 3 is 2.78 bits per heavy atom. The van der Waals surface area contributed by atoms with Gasteiger partial charge in [-0.15, -0.1) is 11.3 Å². The third-order valence-electron chi connectivity index (χ3n) is 5.54. The van der Waals surface area contributed by atoms with Crippen molar-refractivity contribution in [1.82, 2.24) is 19.9 Å². The number of anilines is 1. The summed E-state index contributed by atoms with van der Waals surface area (Å²) in [7, 11) is 0. The Hall–Kier alpha value is -2.02. The van der Waals surface area contributed by atoms with Crippen LogP contribution in [0.5, 0.6) is 0 Å². The molecule has 2 aliphatic heterocycles. The molecular formula is C20H27N5OS. The van der Waals surface area contributed by atoms with E-state index in [2.05, 4.69) is 49.9 Å². The molecule has 2 unspecified atom stereocenters. The average molecular weight is 386 g/mol. The van der Waals surface area contributed by atoms with Crippen LogP contribution in [0.1, 0.15) is 74.2 Å². The Balaban J connectivity index is 1.58. The number of aromatic nitrogens is 3. The second kappa shape index (κ2) is 6.55. The molecule has 2 aromatic heterocycles. The molecule has 2 aliphatic rings. The first-order valence-corrected chi connectivity index (χ1v) is 10.5. The van der Waals surface area contributed by atoms with E-state index in [0.29, 0.717) is 5.13 Å². The van der Waals surface area contributed by atoms with Gasteiger partial charge in [-0.25, -0.2) is 19.7 Å². The van der Waals surface area contributed by atoms with E-state index in [1.807, 2.05) is 11.1 Å². The van der Waals surface area contributed by atoms with E-state index in [-0.39, 0.29) is 23.5 Å². The first-order valence-electron chi connectivity index (χ1n) is 9.69. The predicted octanol–water partition coefficient (Wildman–Crippen LogP) is 4.40. The summed E-state index contributed by atoms with van der Waals surface area (Å²) in [5.41, 5.74) is 3.22. The van der Waals surface area contributed by atoms with Crippen molar-refractivity contribution >= 4 is 22.5 Å². The van der Waals surface area contributed by atoms with Gasteiger partial charge in [0.15, 0.2) is 5.13 Å². The van der Waals surface area contributed by atoms with E-state index in [9.17, 15) is 4.79 Å². The number of nitrogens with zero attached hydrogens (tertiary/aromatic N) is 4. The molecule has 0 aliphatic carbocycles. The molecule has 4 rings (SSSR count). The third-order valence-corrected chi connectivity index (χ3v) is 6.47. The Morgan fingerprint density at radius 1 is 1.33 bits per heavy atom. The maximum atomic E-state index is 13.0. The summed E-state index contributed by atoms with van der Waals surface area (Å²) in [5.74, 6) is 0.879. The zero-order chi connectivity index (χ0) is 19.3. The van der Waals surface area contributed by atoms with E-state index >= 15 is 0 Å². The van der Waals surface area contributed by atoms with Crippen molar-refractivity contribution in [2.24, 2.45) is 0 Å². The molecule has 0 aromatic carbocycles. The fourth-order valence-corrected chi connectivity index (χ4v) is 5.01. The lowest BCUT2D eigenvalue weighted by molar-refractivity contribution is 0.178. The number of hydrogen-bond donors (Lipinski definition) is 1. The van der Waals surface area contributed by atoms with Gasteiger partial charge in [0.05, 0.1) is 17.4 Å². The minimum Gasteiger partial charge on any atom is -0.314 e. The number of rotatable bonds is 2. The maximum Gasteiger partial charge on any atom is 0.324 e. The summed E-state index contributed by atoms with van der Waals surface area (Å²) in [5, 5.41) is 3.72. The highest BCUT2D eigenvalue weighted by molar-refractivity contribution is 7.15. The summed E-state index contributed by atoms with van der Waals surface area (Å²) in [6.45, 7) is 10.5. The summed E-state index contributed by atoms with van der Waals surface area (Å²) in [4.78, 5) is 30.2. The Labute approximate surface area is 164 Å². The fraction of sp³-hybridized carbons (Fsp3) is 0.600. The summed E-state index contributed by atoms with van der Waals surface area (Å²) < 4.78 is 0. The van der Waals surface area contributed by atoms with Crippen LogP contribution >= 0.6 is 11.3 Å². The van der Waals surface area contributed by atoms with Crippen LogP contribution in [0, 0.1) is 6.92 Å². The van der Waals surface area contributed by atoms with Crippen LogP contribution in [0.25, 0.3) is 0 Å². The van der Waals surface area contributed by atoms with Crippen LogP contribution in [0.3, 0.4) is 0 Å². The summed E-state index contributed by atoms with van der Waals surface area (Å²) in [6, 6.07) is 0.223. The zero-order valence-electron chi connectivity index (χ0n) is 16.7. The topological polar surface area (TPSA) is 71.0 Å². The first kappa shape index (κ1) is 18.3. The van der Waals surface area contributed by atoms with Crippen molar-refractivity contribution in [1.29, 1.82) is 0 Å². The van der Waals surface area contributed by atoms with Crippen LogP contribution in [0.15, 0.2) is 6.20 Å². The van der Waals surface area contributed by atoms with E-state index in [4.69, 9.17) is 4.98 Å². The van der Waals surface area contributed by atoms with Gasteiger partial charge in [-0.2, -0.15) is 0 Å². The Bertz CT molecular complexity index is 885. The van der Waals surface area contributed by atoms with Gasteiger partial charge in [-0.3, -0.25) is 5.32 Å². The minimum atomic E-state index is -0.0672. The monoisotopic (exact) mass is 385 g/mol. The smallest absolute Gasteiger partial charge is 0.314 e. The normalized spacial score (nSPS) is 21.3. The SMILES string of the molecule is CCc1nc(NC(=O)N2C3CCC2c2cnc(C(C)(C)C)nc2C3)sc1C. The Kier molecular flexibility index (Phi) is 4.45. The number of carbonyl (C=O) groups excluding carboxylic acids is 1. The number of thiazole rings is 1. The molecule has 1 N–H and O–H groups in total. The number of carbonyl (C=O) groups is 1. The lowest BCUT2D eigenvalue weighted by Crippen LogP contribution is -2.44. The largest absolute Gasteiger partial charge is 0.324 e. The first-order chi connectivity index (χ1) is 12.8. The quantitative estimate of drug-likeness (QED) is 0.832. The van der Waals surface area contributed by atoms with E-state index < -0.39 is 0 Å². The van der Waals surface area contributed by atoms with Crippen molar-refractivity contribution in [2.75, 3.05) is 5.32 Å². The fourth-order valence-electron chi connectivity index (χ4n) is 4.11. The van der Waals surface area contributed by atoms with Gasteiger partial charge in [0.25, 0.3) is 0 Å². The number of aryl methyl sites for hydroxylation is 2. The van der Waals surface area contributed by atoms with Gasteiger partial charge >= 0.3 is 6.03 Å². The lowest BCUT2D eigenvalue weighted by atomic mass is 9.94. The summed E-state index contributed by atoms with van der Waals surface area (Å²) >= 11 is 1.55. The molecule has 7 heteroatoms. The average Bonchev–Trinajstić information content (AvgIpc) is 3.12. The molecular weight excluding hydrogens is 358 g/mol. The molecule has 2 atom stereocenters. The van der Waals surface area contributed by atoms with Crippen LogP contribution < -0.4 is 5.32 Å². The molecule has 2 amide bonds. The van der Waals surface area contributed by atoms with E-state index in [1.54, 1.807) is 11.3 Å². The minimum absolute atomic E-state index is 0.0514. The number of urea groups is 1. The van der Waals surface area contributed by atoms with Gasteiger partial charge in [0, 0.05) is 34.5 Å². The predicted molar refractivity (Wildman–Crippen MR) is 107 cm³/mol. The van der Waals surface area contributed by atoms with Crippen molar-refractivity contribution < 1.29 is 4.79 Å². The number of amides is 2. The van der Waals surface area contributed by atoms with Crippen LogP contribution in [-0.4, -0.2) is 31.9 Å². The molecule has 0 saturated carbocycles. The van der Waals surface area contributed by atoms with Crippen molar-refractivity contribution in [3.05, 3.63) is 33.8 Å². The van der Waals surface area contributed by atoms with Gasteiger partial charge < -0.3 is 4.90 Å². The molecule has 144 valence electrons. The van der Waals surface area contributed by atoms with E-state index in [0.717, 1.165) is 48.5 Å². The highest BCUT2D eigenvalue weighted by Gasteiger charge is 2.44. The highest BCUT2D eigenvalue weighted by atomic mass is 32.1. The van der Waals surface area contributed by atoms with Gasteiger partial charge in [0.2, 0.25) is 0 Å². The summed E-state index contributed by atoms with van der Waals surface area (Å²) in [6.07, 6.45) is 5.62. The highest BCUT2D eigenvalue weighted by Crippen LogP contribution is 2.43. The van der Waals surface area contributed by atoms with Gasteiger partial charge in [-0.1, -0.05) is 27.7 Å². The molecule has 4 heterocycles. The molecule has 1 saturated heterocycles. The molecule has 2 bridgehead atoms. The lowest BCUT2D eigenvalue weighted by Gasteiger charge is -2.35. The molecule has 0 radical (unpaired) electrons. The van der Waals surface area contributed by atoms with Crippen LogP contribution in [0.4, 0.5) is 9.93 Å². The zero-order valence-corrected chi connectivity index (χ0v) is 17.5. The van der Waals surface area contributed by atoms with Crippen molar-refractivity contribution in [3.63, 3.8) is 0 Å². The maximum absolute atomic E-state index is 13.0. The number of hydrogen-bond acceptors (Lipinski definition) is 5. The van der Waals surface area contributed by atoms with Gasteiger partial charge in [-0.05, 0) is 26.2 Å². The standard InChI is InChI=1S/C20H27N5OS/c1-6-14-11(2)27-18(23-14)24-19(26)25-12-7-8-16(25)13-10-21-17(20(3,4)5)22-15(13)9-12/h10,12,16H,6-9H2,1-5H3,(H,23,24,26). The second-order valence-corrected chi connectivity index (χ2v) is 9.71. The van der Waals surface area contributed by atoms with Crippen LogP contribution in [-0.2, 0) is 18.3 Å². The number of fused-ring (bicyclic) bond motifs is 4. The molecule has 27 heavy (non-hydrogen) atoms. The molecule has 0 spiro atoms. The van der Waals surface area contributed by atoms with Crippen molar-refractivity contribution in [2.45, 2.75) is 77.8 Å². The molecule has 1 fully saturated rings. The van der Waals surface area contributed by atoms with Crippen LogP contribution in [0.2, 0.25) is 0 Å². The molecule has 6 nitrogen and oxygen atoms in total. The Morgan fingerprint density at radius 2 is 2.11 bits per heavy atom. The number of nitrogens with one attached hydrogen (secondary N) is 1. The third kappa shape index (κ3) is 3.22. The van der Waals surface area contributed by atoms with Crippen molar-refractivity contribution in [3.8, 4) is 0 Å². The second-order valence-electron chi connectivity index (χ2n) is 8.51. The molecule has 2 aromatic rings. The van der Waals surface area contributed by atoms with E-state index in [1.165, 1.54) is 4.88 Å². The van der Waals surface area contributed by atoms with Gasteiger partial charge in [0.1, 0.15) is 5.82 Å².